The van der Waals surface area contributed by atoms with Gasteiger partial charge in [-0.2, -0.15) is 0 Å². The monoisotopic (exact) mass is 525 g/mol. The van der Waals surface area contributed by atoms with Crippen LogP contribution in [-0.2, 0) is 0 Å². The molecule has 2 amide bonds. The predicted octanol–water partition coefficient (Wildman–Crippen LogP) is 4.25. The number of amidine groups is 1. The van der Waals surface area contributed by atoms with Gasteiger partial charge in [0.15, 0.2) is 11.5 Å². The molecular formula is C24H24BrN5O4. The molecule has 0 bridgehead atoms. The van der Waals surface area contributed by atoms with Gasteiger partial charge >= 0.3 is 0 Å². The fourth-order valence-corrected chi connectivity index (χ4v) is 3.27. The van der Waals surface area contributed by atoms with Gasteiger partial charge in [-0.3, -0.25) is 15.0 Å². The Morgan fingerprint density at radius 1 is 0.912 bits per heavy atom. The van der Waals surface area contributed by atoms with E-state index in [4.69, 9.17) is 14.9 Å². The molecule has 34 heavy (non-hydrogen) atoms. The van der Waals surface area contributed by atoms with Gasteiger partial charge in [0.05, 0.1) is 25.5 Å². The number of amides is 2. The third-order valence-corrected chi connectivity index (χ3v) is 5.32. The van der Waals surface area contributed by atoms with Gasteiger partial charge in [-0.1, -0.05) is 12.1 Å². The van der Waals surface area contributed by atoms with E-state index in [0.717, 1.165) is 4.47 Å². The summed E-state index contributed by atoms with van der Waals surface area (Å²) in [6, 6.07) is 13.0. The molecule has 0 aliphatic heterocycles. The van der Waals surface area contributed by atoms with E-state index in [1.54, 1.807) is 61.6 Å². The number of anilines is 2. The fourth-order valence-electron chi connectivity index (χ4n) is 3.04. The zero-order valence-corrected chi connectivity index (χ0v) is 20.7. The lowest BCUT2D eigenvalue weighted by atomic mass is 10.1. The van der Waals surface area contributed by atoms with E-state index in [1.807, 2.05) is 0 Å². The molecule has 0 radical (unpaired) electrons. The van der Waals surface area contributed by atoms with Gasteiger partial charge in [-0.05, 0) is 46.3 Å². The fraction of sp³-hybridized carbons (Fsp3) is 0.167. The lowest BCUT2D eigenvalue weighted by Gasteiger charge is -2.16. The van der Waals surface area contributed by atoms with Crippen molar-refractivity contribution < 1.29 is 19.1 Å². The quantitative estimate of drug-likeness (QED) is 0.313. The smallest absolute Gasteiger partial charge is 0.259 e. The second-order valence-corrected chi connectivity index (χ2v) is 8.26. The number of nitrogens with zero attached hydrogens (tertiary/aromatic N) is 2. The Labute approximate surface area is 205 Å². The first-order chi connectivity index (χ1) is 16.2. The maximum atomic E-state index is 13.1. The van der Waals surface area contributed by atoms with Crippen molar-refractivity contribution in [1.82, 2.24) is 9.88 Å². The van der Waals surface area contributed by atoms with E-state index < -0.39 is 11.8 Å². The van der Waals surface area contributed by atoms with Crippen molar-refractivity contribution in [3.05, 3.63) is 75.9 Å². The van der Waals surface area contributed by atoms with Gasteiger partial charge in [0.1, 0.15) is 11.7 Å². The maximum Gasteiger partial charge on any atom is 0.259 e. The van der Waals surface area contributed by atoms with Gasteiger partial charge in [0.2, 0.25) is 0 Å². The van der Waals surface area contributed by atoms with E-state index in [2.05, 4.69) is 31.5 Å². The normalized spacial score (nSPS) is 10.3. The van der Waals surface area contributed by atoms with E-state index >= 15 is 0 Å². The highest BCUT2D eigenvalue weighted by molar-refractivity contribution is 9.10. The molecule has 0 saturated heterocycles. The van der Waals surface area contributed by atoms with Gasteiger partial charge in [0.25, 0.3) is 11.8 Å². The topological polar surface area (TPSA) is 117 Å². The van der Waals surface area contributed by atoms with Crippen LogP contribution in [0.4, 0.5) is 11.5 Å². The van der Waals surface area contributed by atoms with Gasteiger partial charge in [0, 0.05) is 42.0 Å². The zero-order chi connectivity index (χ0) is 24.8. The standard InChI is InChI=1S/C24H24BrN5O4/c1-30(2)22(26)14-5-7-15(8-6-14)23(31)28-18-12-20(34-4)19(33-3)11-17(18)24(32)29-21-10-9-16(25)13-27-21/h5-13,26H,1-4H3,(H,28,31)(H,27,29,32). The summed E-state index contributed by atoms with van der Waals surface area (Å²) >= 11 is 3.30. The van der Waals surface area contributed by atoms with Crippen LogP contribution >= 0.6 is 15.9 Å². The molecule has 10 heteroatoms. The summed E-state index contributed by atoms with van der Waals surface area (Å²) in [5.74, 6) is 0.449. The summed E-state index contributed by atoms with van der Waals surface area (Å²) < 4.78 is 11.4. The number of rotatable bonds is 7. The number of hydrogen-bond donors (Lipinski definition) is 3. The number of halogens is 1. The third-order valence-electron chi connectivity index (χ3n) is 4.85. The number of aromatic nitrogens is 1. The largest absolute Gasteiger partial charge is 0.493 e. The highest BCUT2D eigenvalue weighted by atomic mass is 79.9. The lowest BCUT2D eigenvalue weighted by molar-refractivity contribution is 0.102. The molecular weight excluding hydrogens is 502 g/mol. The summed E-state index contributed by atoms with van der Waals surface area (Å²) in [5.41, 5.74) is 1.45. The Morgan fingerprint density at radius 3 is 2.09 bits per heavy atom. The van der Waals surface area contributed by atoms with Gasteiger partial charge < -0.3 is 25.0 Å². The van der Waals surface area contributed by atoms with E-state index in [0.29, 0.717) is 34.3 Å². The number of benzene rings is 2. The molecule has 0 unspecified atom stereocenters. The SMILES string of the molecule is COc1cc(NC(=O)c2ccc(C(=N)N(C)C)cc2)c(C(=O)Nc2ccc(Br)cn2)cc1OC. The molecule has 176 valence electrons. The van der Waals surface area contributed by atoms with Crippen molar-refractivity contribution in [3.8, 4) is 11.5 Å². The molecule has 0 atom stereocenters. The van der Waals surface area contributed by atoms with E-state index in [-0.39, 0.29) is 11.3 Å². The van der Waals surface area contributed by atoms with Crippen molar-refractivity contribution >= 4 is 45.1 Å². The van der Waals surface area contributed by atoms with Gasteiger partial charge in [-0.15, -0.1) is 0 Å². The van der Waals surface area contributed by atoms with Crippen molar-refractivity contribution in [2.75, 3.05) is 38.9 Å². The number of nitrogens with one attached hydrogen (secondary N) is 3. The molecule has 1 heterocycles. The highest BCUT2D eigenvalue weighted by Gasteiger charge is 2.20. The summed E-state index contributed by atoms with van der Waals surface area (Å²) in [7, 11) is 6.47. The second-order valence-electron chi connectivity index (χ2n) is 7.34. The first-order valence-electron chi connectivity index (χ1n) is 10.1. The van der Waals surface area contributed by atoms with Gasteiger partial charge in [-0.25, -0.2) is 4.98 Å². The molecule has 0 spiro atoms. The summed E-state index contributed by atoms with van der Waals surface area (Å²) in [6.07, 6.45) is 1.56. The predicted molar refractivity (Wildman–Crippen MR) is 134 cm³/mol. The van der Waals surface area contributed by atoms with Crippen molar-refractivity contribution in [1.29, 1.82) is 5.41 Å². The Balaban J connectivity index is 1.91. The van der Waals surface area contributed by atoms with Crippen LogP contribution in [0.25, 0.3) is 0 Å². The van der Waals surface area contributed by atoms with Crippen LogP contribution in [0.2, 0.25) is 0 Å². The number of pyridine rings is 1. The molecule has 0 saturated carbocycles. The van der Waals surface area contributed by atoms with E-state index in [1.165, 1.54) is 26.4 Å². The van der Waals surface area contributed by atoms with Crippen molar-refractivity contribution in [3.63, 3.8) is 0 Å². The molecule has 3 rings (SSSR count). The number of carbonyl (C=O) groups is 2. The van der Waals surface area contributed by atoms with Crippen LogP contribution in [0.15, 0.2) is 59.2 Å². The van der Waals surface area contributed by atoms with Crippen molar-refractivity contribution in [2.24, 2.45) is 0 Å². The van der Waals surface area contributed by atoms with Crippen LogP contribution < -0.4 is 20.1 Å². The Morgan fingerprint density at radius 2 is 1.53 bits per heavy atom. The Bertz CT molecular complexity index is 1210. The molecule has 1 aromatic heterocycles. The molecule has 9 nitrogen and oxygen atoms in total. The van der Waals surface area contributed by atoms with Crippen molar-refractivity contribution in [2.45, 2.75) is 0 Å². The minimum absolute atomic E-state index is 0.168. The molecule has 3 aromatic rings. The molecule has 3 N–H and O–H groups in total. The molecule has 0 fully saturated rings. The van der Waals surface area contributed by atoms with Crippen LogP contribution in [-0.4, -0.2) is 55.8 Å². The first kappa shape index (κ1) is 24.7. The summed E-state index contributed by atoms with van der Waals surface area (Å²) in [6.45, 7) is 0. The number of carbonyl (C=O) groups excluding carboxylic acids is 2. The Hall–Kier alpha value is -3.92. The van der Waals surface area contributed by atoms with Crippen LogP contribution in [0.5, 0.6) is 11.5 Å². The number of hydrogen-bond acceptors (Lipinski definition) is 6. The van der Waals surface area contributed by atoms with Crippen LogP contribution in [0.1, 0.15) is 26.3 Å². The number of ether oxygens (including phenoxy) is 2. The summed E-state index contributed by atoms with van der Waals surface area (Å²) in [5, 5.41) is 13.5. The minimum atomic E-state index is -0.485. The molecule has 0 aliphatic carbocycles. The second kappa shape index (κ2) is 10.8. The van der Waals surface area contributed by atoms with Crippen LogP contribution in [0.3, 0.4) is 0 Å². The average molecular weight is 526 g/mol. The lowest BCUT2D eigenvalue weighted by Crippen LogP contribution is -2.22. The first-order valence-corrected chi connectivity index (χ1v) is 10.9. The Kier molecular flexibility index (Phi) is 7.85. The summed E-state index contributed by atoms with van der Waals surface area (Å²) in [4.78, 5) is 31.8. The number of methoxy groups -OCH3 is 2. The van der Waals surface area contributed by atoms with Crippen LogP contribution in [0, 0.1) is 5.41 Å². The van der Waals surface area contributed by atoms with E-state index in [9.17, 15) is 9.59 Å². The highest BCUT2D eigenvalue weighted by Crippen LogP contribution is 2.34. The zero-order valence-electron chi connectivity index (χ0n) is 19.1. The maximum absolute atomic E-state index is 13.1. The third kappa shape index (κ3) is 5.70. The molecule has 0 aliphatic rings. The minimum Gasteiger partial charge on any atom is -0.493 e. The average Bonchev–Trinajstić information content (AvgIpc) is 2.84. The molecule has 2 aromatic carbocycles.